The van der Waals surface area contributed by atoms with Gasteiger partial charge in [-0.1, -0.05) is 20.8 Å². The van der Waals surface area contributed by atoms with E-state index in [0.29, 0.717) is 32.1 Å². The van der Waals surface area contributed by atoms with Crippen molar-refractivity contribution in [3.05, 3.63) is 18.0 Å². The summed E-state index contributed by atoms with van der Waals surface area (Å²) < 4.78 is 26.1. The van der Waals surface area contributed by atoms with Crippen molar-refractivity contribution in [3.63, 3.8) is 0 Å². The molecule has 1 aromatic heterocycles. The topological polar surface area (TPSA) is 66.4 Å². The summed E-state index contributed by atoms with van der Waals surface area (Å²) >= 11 is 0. The normalized spacial score (nSPS) is 21.1. The molecule has 22 heavy (non-hydrogen) atoms. The summed E-state index contributed by atoms with van der Waals surface area (Å²) in [6.45, 7) is 8.76. The number of sulfonamides is 1. The van der Waals surface area contributed by atoms with Gasteiger partial charge in [-0.25, -0.2) is 18.4 Å². The molecule has 7 heteroatoms. The van der Waals surface area contributed by atoms with E-state index in [1.54, 1.807) is 4.31 Å². The molecule has 2 heterocycles. The Morgan fingerprint density at radius 2 is 1.59 bits per heavy atom. The molecule has 1 aliphatic heterocycles. The van der Waals surface area contributed by atoms with Crippen LogP contribution in [0, 0.1) is 0 Å². The molecule has 6 nitrogen and oxygen atoms in total. The number of nitrogens with zero attached hydrogens (tertiary/aromatic N) is 4. The lowest BCUT2D eigenvalue weighted by Crippen LogP contribution is -2.50. The highest BCUT2D eigenvalue weighted by atomic mass is 32.2. The van der Waals surface area contributed by atoms with Gasteiger partial charge in [0, 0.05) is 38.6 Å². The molecule has 1 aromatic rings. The zero-order valence-corrected chi connectivity index (χ0v) is 14.3. The Hall–Kier alpha value is -1.21. The third kappa shape index (κ3) is 3.10. The van der Waals surface area contributed by atoms with Crippen molar-refractivity contribution in [2.75, 3.05) is 31.1 Å². The van der Waals surface area contributed by atoms with Crippen molar-refractivity contribution in [2.24, 2.45) is 0 Å². The first kappa shape index (κ1) is 15.7. The molecular formula is C15H24N4O2S. The molecule has 0 amide bonds. The molecule has 0 aromatic carbocycles. The zero-order chi connectivity index (χ0) is 16.0. The molecule has 2 aliphatic rings. The van der Waals surface area contributed by atoms with Crippen molar-refractivity contribution in [2.45, 2.75) is 44.3 Å². The summed E-state index contributed by atoms with van der Waals surface area (Å²) in [5, 5.41) is -0.124. The number of rotatable bonds is 3. The number of hydrogen-bond acceptors (Lipinski definition) is 5. The SMILES string of the molecule is CC(C)(C)c1cnc(N2CCN(S(=O)(=O)C3CC3)CC2)nc1. The summed E-state index contributed by atoms with van der Waals surface area (Å²) in [7, 11) is -3.05. The Labute approximate surface area is 132 Å². The summed E-state index contributed by atoms with van der Waals surface area (Å²) in [4.78, 5) is 11.0. The van der Waals surface area contributed by atoms with E-state index in [2.05, 4.69) is 35.6 Å². The molecule has 0 spiro atoms. The number of aromatic nitrogens is 2. The van der Waals surface area contributed by atoms with Gasteiger partial charge in [0.1, 0.15) is 0 Å². The monoisotopic (exact) mass is 324 g/mol. The molecule has 0 radical (unpaired) electrons. The molecular weight excluding hydrogens is 300 g/mol. The lowest BCUT2D eigenvalue weighted by molar-refractivity contribution is 0.381. The Morgan fingerprint density at radius 1 is 1.05 bits per heavy atom. The maximum Gasteiger partial charge on any atom is 0.225 e. The van der Waals surface area contributed by atoms with Crippen molar-refractivity contribution in [1.82, 2.24) is 14.3 Å². The van der Waals surface area contributed by atoms with Crippen molar-refractivity contribution in [1.29, 1.82) is 0 Å². The van der Waals surface area contributed by atoms with Crippen molar-refractivity contribution < 1.29 is 8.42 Å². The minimum atomic E-state index is -3.05. The fraction of sp³-hybridized carbons (Fsp3) is 0.733. The fourth-order valence-corrected chi connectivity index (χ4v) is 4.42. The van der Waals surface area contributed by atoms with Crippen molar-refractivity contribution >= 4 is 16.0 Å². The van der Waals surface area contributed by atoms with Crippen LogP contribution in [0.3, 0.4) is 0 Å². The molecule has 0 atom stereocenters. The number of piperazine rings is 1. The first-order chi connectivity index (χ1) is 10.3. The van der Waals surface area contributed by atoms with E-state index in [9.17, 15) is 8.42 Å². The molecule has 122 valence electrons. The summed E-state index contributed by atoms with van der Waals surface area (Å²) in [5.74, 6) is 0.691. The van der Waals surface area contributed by atoms with E-state index < -0.39 is 10.0 Å². The average molecular weight is 324 g/mol. The Morgan fingerprint density at radius 3 is 2.05 bits per heavy atom. The first-order valence-electron chi connectivity index (χ1n) is 7.85. The smallest absolute Gasteiger partial charge is 0.225 e. The van der Waals surface area contributed by atoms with Crippen LogP contribution in [-0.2, 0) is 15.4 Å². The van der Waals surface area contributed by atoms with E-state index in [1.165, 1.54) is 0 Å². The van der Waals surface area contributed by atoms with Gasteiger partial charge in [0.15, 0.2) is 0 Å². The fourth-order valence-electron chi connectivity index (χ4n) is 2.59. The maximum atomic E-state index is 12.2. The largest absolute Gasteiger partial charge is 0.338 e. The Balaban J connectivity index is 1.64. The minimum absolute atomic E-state index is 0.0373. The zero-order valence-electron chi connectivity index (χ0n) is 13.5. The van der Waals surface area contributed by atoms with Gasteiger partial charge in [-0.2, -0.15) is 4.31 Å². The van der Waals surface area contributed by atoms with Gasteiger partial charge in [-0.05, 0) is 23.8 Å². The quantitative estimate of drug-likeness (QED) is 0.840. The van der Waals surface area contributed by atoms with Crippen LogP contribution in [0.15, 0.2) is 12.4 Å². The van der Waals surface area contributed by atoms with E-state index in [1.807, 2.05) is 12.4 Å². The number of hydrogen-bond donors (Lipinski definition) is 0. The van der Waals surface area contributed by atoms with Crippen LogP contribution in [0.5, 0.6) is 0 Å². The third-order valence-electron chi connectivity index (χ3n) is 4.33. The highest BCUT2D eigenvalue weighted by Gasteiger charge is 2.41. The predicted octanol–water partition coefficient (Wildman–Crippen LogP) is 1.39. The summed E-state index contributed by atoms with van der Waals surface area (Å²) in [6, 6.07) is 0. The third-order valence-corrected chi connectivity index (χ3v) is 6.73. The molecule has 1 aliphatic carbocycles. The van der Waals surface area contributed by atoms with E-state index in [4.69, 9.17) is 0 Å². The van der Waals surface area contributed by atoms with E-state index in [0.717, 1.165) is 18.4 Å². The highest BCUT2D eigenvalue weighted by Crippen LogP contribution is 2.31. The van der Waals surface area contributed by atoms with Crippen LogP contribution in [0.4, 0.5) is 5.95 Å². The average Bonchev–Trinajstić information content (AvgIpc) is 3.32. The van der Waals surface area contributed by atoms with Crippen LogP contribution in [0.25, 0.3) is 0 Å². The van der Waals surface area contributed by atoms with Crippen LogP contribution in [0.1, 0.15) is 39.2 Å². The minimum Gasteiger partial charge on any atom is -0.338 e. The standard InChI is InChI=1S/C15H24N4O2S/c1-15(2,3)12-10-16-14(17-11-12)18-6-8-19(9-7-18)22(20,21)13-4-5-13/h10-11,13H,4-9H2,1-3H3. The van der Waals surface area contributed by atoms with Crippen LogP contribution in [0.2, 0.25) is 0 Å². The van der Waals surface area contributed by atoms with E-state index in [-0.39, 0.29) is 10.7 Å². The molecule has 3 rings (SSSR count). The first-order valence-corrected chi connectivity index (χ1v) is 9.35. The van der Waals surface area contributed by atoms with E-state index >= 15 is 0 Å². The Kier molecular flexibility index (Phi) is 3.89. The van der Waals surface area contributed by atoms with Gasteiger partial charge >= 0.3 is 0 Å². The molecule has 0 bridgehead atoms. The summed E-state index contributed by atoms with van der Waals surface area (Å²) in [6.07, 6.45) is 5.38. The van der Waals surface area contributed by atoms with Gasteiger partial charge in [0.05, 0.1) is 5.25 Å². The summed E-state index contributed by atoms with van der Waals surface area (Å²) in [5.41, 5.74) is 1.14. The second kappa shape index (κ2) is 5.45. The molecule has 1 saturated heterocycles. The highest BCUT2D eigenvalue weighted by molar-refractivity contribution is 7.90. The second-order valence-corrected chi connectivity index (χ2v) is 9.37. The molecule has 0 N–H and O–H groups in total. The molecule has 1 saturated carbocycles. The number of anilines is 1. The lowest BCUT2D eigenvalue weighted by atomic mass is 9.89. The van der Waals surface area contributed by atoms with Gasteiger partial charge in [0.2, 0.25) is 16.0 Å². The second-order valence-electron chi connectivity index (χ2n) is 7.15. The predicted molar refractivity (Wildman–Crippen MR) is 86.5 cm³/mol. The van der Waals surface area contributed by atoms with Gasteiger partial charge < -0.3 is 4.90 Å². The molecule has 0 unspecified atom stereocenters. The maximum absolute atomic E-state index is 12.2. The lowest BCUT2D eigenvalue weighted by Gasteiger charge is -2.34. The molecule has 2 fully saturated rings. The van der Waals surface area contributed by atoms with Gasteiger partial charge in [-0.3, -0.25) is 0 Å². The van der Waals surface area contributed by atoms with Crippen LogP contribution >= 0.6 is 0 Å². The van der Waals surface area contributed by atoms with Crippen LogP contribution in [-0.4, -0.2) is 54.1 Å². The Bertz CT molecular complexity index is 625. The van der Waals surface area contributed by atoms with Gasteiger partial charge in [0.25, 0.3) is 0 Å². The van der Waals surface area contributed by atoms with Crippen LogP contribution < -0.4 is 4.90 Å². The van der Waals surface area contributed by atoms with Gasteiger partial charge in [-0.15, -0.1) is 0 Å². The van der Waals surface area contributed by atoms with Crippen molar-refractivity contribution in [3.8, 4) is 0 Å².